The molecule has 0 spiro atoms. The molecule has 15 heteroatoms. The number of hydrogen-bond donors (Lipinski definition) is 0. The minimum Gasteiger partial charge on any atom is -0.337 e. The Balaban J connectivity index is 1.16. The number of nitrogens with zero attached hydrogens (tertiary/aromatic N) is 6. The van der Waals surface area contributed by atoms with Gasteiger partial charge in [0.05, 0.1) is 35.3 Å². The first kappa shape index (κ1) is 33.8. The first-order valence-electron chi connectivity index (χ1n) is 15.9. The Kier molecular flexibility index (Phi) is 9.44. The molecule has 0 N–H and O–H groups in total. The van der Waals surface area contributed by atoms with Gasteiger partial charge >= 0.3 is 12.4 Å². The van der Waals surface area contributed by atoms with E-state index >= 15 is 0 Å². The van der Waals surface area contributed by atoms with E-state index in [2.05, 4.69) is 20.3 Å². The Morgan fingerprint density at radius 1 is 0.667 bits per heavy atom. The Hall–Kier alpha value is -4.11. The summed E-state index contributed by atoms with van der Waals surface area (Å²) in [5, 5.41) is 8.05. The van der Waals surface area contributed by atoms with Crippen LogP contribution < -0.4 is 0 Å². The Morgan fingerprint density at radius 2 is 1.04 bits per heavy atom. The third-order valence-corrected chi connectivity index (χ3v) is 9.30. The molecule has 0 aliphatic carbocycles. The summed E-state index contributed by atoms with van der Waals surface area (Å²) in [6, 6.07) is 7.33. The van der Waals surface area contributed by atoms with Gasteiger partial charge in [-0.15, -0.1) is 0 Å². The predicted molar refractivity (Wildman–Crippen MR) is 160 cm³/mol. The third kappa shape index (κ3) is 7.02. The smallest absolute Gasteiger partial charge is 0.337 e. The first-order chi connectivity index (χ1) is 22.8. The quantitative estimate of drug-likeness (QED) is 0.172. The fourth-order valence-corrected chi connectivity index (χ4v) is 6.63. The molecule has 2 aromatic carbocycles. The largest absolute Gasteiger partial charge is 0.416 e. The van der Waals surface area contributed by atoms with Gasteiger partial charge in [-0.05, 0) is 76.9 Å². The van der Waals surface area contributed by atoms with Crippen molar-refractivity contribution in [2.45, 2.75) is 88.9 Å². The Bertz CT molecular complexity index is 1580. The van der Waals surface area contributed by atoms with Gasteiger partial charge in [0.15, 0.2) is 5.78 Å². The van der Waals surface area contributed by atoms with Crippen LogP contribution in [0.4, 0.5) is 26.3 Å². The van der Waals surface area contributed by atoms with Crippen molar-refractivity contribution < 1.29 is 40.2 Å². The van der Waals surface area contributed by atoms with Crippen LogP contribution in [0, 0.1) is 0 Å². The van der Waals surface area contributed by atoms with Crippen LogP contribution in [-0.2, 0) is 17.1 Å². The molecule has 4 aromatic rings. The summed E-state index contributed by atoms with van der Waals surface area (Å²) in [5.74, 6) is 0.911. The fraction of sp³-hybridized carbons (Fsp3) is 0.485. The van der Waals surface area contributed by atoms with Crippen molar-refractivity contribution in [3.8, 4) is 22.8 Å². The zero-order chi connectivity index (χ0) is 34.2. The van der Waals surface area contributed by atoms with Crippen molar-refractivity contribution >= 4 is 5.78 Å². The van der Waals surface area contributed by atoms with E-state index in [-0.39, 0.29) is 29.5 Å². The van der Waals surface area contributed by atoms with E-state index in [1.54, 1.807) is 0 Å². The average Bonchev–Trinajstić information content (AvgIpc) is 3.78. The van der Waals surface area contributed by atoms with Gasteiger partial charge in [0.2, 0.25) is 23.4 Å². The second kappa shape index (κ2) is 13.4. The molecular formula is C33H34F6N6O3. The second-order valence-corrected chi connectivity index (χ2v) is 12.3. The molecule has 6 rings (SSSR count). The molecule has 2 aliphatic rings. The monoisotopic (exact) mass is 676 g/mol. The highest BCUT2D eigenvalue weighted by Gasteiger charge is 2.40. The van der Waals surface area contributed by atoms with E-state index < -0.39 is 35.6 Å². The van der Waals surface area contributed by atoms with E-state index in [1.165, 1.54) is 24.3 Å². The molecular weight excluding hydrogens is 642 g/mol. The summed E-state index contributed by atoms with van der Waals surface area (Å²) < 4.78 is 89.3. The number of Topliss-reactive ketones (excluding diaryl/α,β-unsaturated/α-hetero) is 1. The molecule has 0 bridgehead atoms. The summed E-state index contributed by atoms with van der Waals surface area (Å²) in [7, 11) is 0. The molecule has 2 fully saturated rings. The molecule has 2 aromatic heterocycles. The zero-order valence-electron chi connectivity index (χ0n) is 26.3. The zero-order valence-corrected chi connectivity index (χ0v) is 26.3. The third-order valence-electron chi connectivity index (χ3n) is 9.30. The normalized spacial score (nSPS) is 21.2. The van der Waals surface area contributed by atoms with Gasteiger partial charge in [-0.1, -0.05) is 47.4 Å². The maximum Gasteiger partial charge on any atom is 0.416 e. The number of ketones is 1. The van der Waals surface area contributed by atoms with E-state index in [0.717, 1.165) is 49.9 Å². The molecule has 0 radical (unpaired) electrons. The lowest BCUT2D eigenvalue weighted by molar-refractivity contribution is -0.138. The highest BCUT2D eigenvalue weighted by molar-refractivity contribution is 5.88. The number of alkyl halides is 6. The maximum atomic E-state index is 14.1. The number of halogens is 6. The standard InChI is InChI=1S/C33H34F6N6O3/c1-19(44-17-5-3-7-25(44)30-40-28(42-47-30)21-9-13-23(14-10-21)32(34,35)36)27(46)20(2)45-18-6-4-8-26(45)31-41-29(43-48-31)22-11-15-24(16-12-22)33(37,38)39/h9-16,19-20,25-26H,3-8,17-18H2,1-2H3. The van der Waals surface area contributed by atoms with Gasteiger partial charge in [0.25, 0.3) is 0 Å². The van der Waals surface area contributed by atoms with Gasteiger partial charge in [-0.3, -0.25) is 14.6 Å². The summed E-state index contributed by atoms with van der Waals surface area (Å²) in [5.41, 5.74) is -0.775. The SMILES string of the molecule is CC(C(=O)C(C)N1CCCCC1c1nc(-c2ccc(C(F)(F)F)cc2)no1)N1CCCCC1c1nc(-c2ccc(C(F)(F)F)cc2)no1. The lowest BCUT2D eigenvalue weighted by atomic mass is 9.94. The molecule has 4 atom stereocenters. The molecule has 9 nitrogen and oxygen atoms in total. The van der Waals surface area contributed by atoms with Crippen molar-refractivity contribution in [1.29, 1.82) is 0 Å². The van der Waals surface area contributed by atoms with E-state index in [9.17, 15) is 31.1 Å². The van der Waals surface area contributed by atoms with Gasteiger partial charge in [-0.2, -0.15) is 36.3 Å². The number of hydrogen-bond acceptors (Lipinski definition) is 9. The number of rotatable bonds is 8. The van der Waals surface area contributed by atoms with Crippen molar-refractivity contribution in [2.24, 2.45) is 0 Å². The number of carbonyl (C=O) groups is 1. The summed E-state index contributed by atoms with van der Waals surface area (Å²) in [6.45, 7) is 4.93. The number of aromatic nitrogens is 4. The van der Waals surface area contributed by atoms with E-state index in [4.69, 9.17) is 9.05 Å². The number of piperidine rings is 2. The van der Waals surface area contributed by atoms with Crippen molar-refractivity contribution in [1.82, 2.24) is 30.1 Å². The van der Waals surface area contributed by atoms with E-state index in [0.29, 0.717) is 48.8 Å². The summed E-state index contributed by atoms with van der Waals surface area (Å²) in [6.07, 6.45) is -4.09. The van der Waals surface area contributed by atoms with Crippen LogP contribution in [0.3, 0.4) is 0 Å². The molecule has 256 valence electrons. The topological polar surface area (TPSA) is 101 Å². The van der Waals surface area contributed by atoms with Crippen molar-refractivity contribution in [2.75, 3.05) is 13.1 Å². The lowest BCUT2D eigenvalue weighted by Crippen LogP contribution is -2.52. The fourth-order valence-electron chi connectivity index (χ4n) is 6.63. The minimum absolute atomic E-state index is 0.0289. The van der Waals surface area contributed by atoms with Crippen molar-refractivity contribution in [3.05, 3.63) is 71.4 Å². The van der Waals surface area contributed by atoms with Crippen LogP contribution in [0.5, 0.6) is 0 Å². The predicted octanol–water partition coefficient (Wildman–Crippen LogP) is 7.92. The molecule has 2 saturated heterocycles. The van der Waals surface area contributed by atoms with Crippen LogP contribution in [0.2, 0.25) is 0 Å². The lowest BCUT2D eigenvalue weighted by Gasteiger charge is -2.41. The van der Waals surface area contributed by atoms with Crippen LogP contribution in [0.25, 0.3) is 22.8 Å². The molecule has 4 unspecified atom stereocenters. The number of likely N-dealkylation sites (tertiary alicyclic amines) is 2. The molecule has 2 aliphatic heterocycles. The number of carbonyl (C=O) groups excluding carboxylic acids is 1. The minimum atomic E-state index is -4.46. The summed E-state index contributed by atoms with van der Waals surface area (Å²) in [4.78, 5) is 27.2. The highest BCUT2D eigenvalue weighted by Crippen LogP contribution is 2.37. The molecule has 4 heterocycles. The Morgan fingerprint density at radius 3 is 1.40 bits per heavy atom. The van der Waals surface area contributed by atoms with Crippen LogP contribution >= 0.6 is 0 Å². The Labute approximate surface area is 272 Å². The van der Waals surface area contributed by atoms with Crippen LogP contribution in [0.15, 0.2) is 57.6 Å². The molecule has 48 heavy (non-hydrogen) atoms. The maximum absolute atomic E-state index is 14.1. The average molecular weight is 677 g/mol. The number of benzene rings is 2. The van der Waals surface area contributed by atoms with Crippen LogP contribution in [0.1, 0.15) is 87.4 Å². The van der Waals surface area contributed by atoms with Gasteiger partial charge in [0.1, 0.15) is 0 Å². The van der Waals surface area contributed by atoms with Crippen molar-refractivity contribution in [3.63, 3.8) is 0 Å². The first-order valence-corrected chi connectivity index (χ1v) is 15.9. The van der Waals surface area contributed by atoms with Crippen LogP contribution in [-0.4, -0.2) is 61.0 Å². The van der Waals surface area contributed by atoms with E-state index in [1.807, 2.05) is 23.6 Å². The molecule has 0 saturated carbocycles. The van der Waals surface area contributed by atoms with Gasteiger partial charge in [-0.25, -0.2) is 0 Å². The summed E-state index contributed by atoms with van der Waals surface area (Å²) >= 11 is 0. The van der Waals surface area contributed by atoms with Gasteiger partial charge in [0, 0.05) is 11.1 Å². The van der Waals surface area contributed by atoms with Gasteiger partial charge < -0.3 is 9.05 Å². The highest BCUT2D eigenvalue weighted by atomic mass is 19.4. The second-order valence-electron chi connectivity index (χ2n) is 12.3. The molecule has 0 amide bonds.